The van der Waals surface area contributed by atoms with E-state index < -0.39 is 10.0 Å². The molecule has 0 aromatic heterocycles. The van der Waals surface area contributed by atoms with Gasteiger partial charge in [0.1, 0.15) is 11.5 Å². The molecule has 0 aliphatic rings. The van der Waals surface area contributed by atoms with E-state index in [0.717, 1.165) is 5.56 Å². The molecule has 0 aliphatic carbocycles. The normalized spacial score (nSPS) is 11.2. The predicted octanol–water partition coefficient (Wildman–Crippen LogP) is 1.88. The van der Waals surface area contributed by atoms with Crippen molar-refractivity contribution in [3.8, 4) is 11.5 Å². The molecule has 0 bridgehead atoms. The molecule has 0 heterocycles. The summed E-state index contributed by atoms with van der Waals surface area (Å²) in [7, 11) is -2.04. The summed E-state index contributed by atoms with van der Waals surface area (Å²) in [6.07, 6.45) is 0. The number of sulfonamides is 1. The SMILES string of the molecule is COc1cccc(CNS(=O)(=O)c2ccc(O)cc2)c1. The number of rotatable bonds is 5. The molecule has 0 aliphatic heterocycles. The fourth-order valence-corrected chi connectivity index (χ4v) is 2.69. The van der Waals surface area contributed by atoms with Crippen molar-refractivity contribution in [3.05, 3.63) is 54.1 Å². The highest BCUT2D eigenvalue weighted by atomic mass is 32.2. The van der Waals surface area contributed by atoms with E-state index in [-0.39, 0.29) is 17.2 Å². The molecule has 2 rings (SSSR count). The fourth-order valence-electron chi connectivity index (χ4n) is 1.67. The van der Waals surface area contributed by atoms with Crippen molar-refractivity contribution in [2.24, 2.45) is 0 Å². The minimum atomic E-state index is -3.60. The Morgan fingerprint density at radius 3 is 2.50 bits per heavy atom. The van der Waals surface area contributed by atoms with Gasteiger partial charge in [-0.3, -0.25) is 0 Å². The standard InChI is InChI=1S/C14H15NO4S/c1-19-13-4-2-3-11(9-13)10-15-20(17,18)14-7-5-12(16)6-8-14/h2-9,15-16H,10H2,1H3. The molecule has 2 aromatic carbocycles. The zero-order valence-electron chi connectivity index (χ0n) is 10.9. The zero-order valence-corrected chi connectivity index (χ0v) is 11.7. The lowest BCUT2D eigenvalue weighted by molar-refractivity contribution is 0.414. The predicted molar refractivity (Wildman–Crippen MR) is 75.1 cm³/mol. The average molecular weight is 293 g/mol. The van der Waals surface area contributed by atoms with Crippen molar-refractivity contribution in [1.82, 2.24) is 4.72 Å². The molecule has 0 fully saturated rings. The maximum Gasteiger partial charge on any atom is 0.240 e. The Bertz CT molecular complexity index is 681. The summed E-state index contributed by atoms with van der Waals surface area (Å²) in [5.41, 5.74) is 0.798. The Morgan fingerprint density at radius 1 is 1.15 bits per heavy atom. The molecule has 0 atom stereocenters. The quantitative estimate of drug-likeness (QED) is 0.882. The lowest BCUT2D eigenvalue weighted by Crippen LogP contribution is -2.23. The number of hydrogen-bond acceptors (Lipinski definition) is 4. The van der Waals surface area contributed by atoms with Gasteiger partial charge in [-0.25, -0.2) is 13.1 Å². The number of ether oxygens (including phenoxy) is 1. The van der Waals surface area contributed by atoms with Gasteiger partial charge >= 0.3 is 0 Å². The maximum absolute atomic E-state index is 12.0. The third-order valence-electron chi connectivity index (χ3n) is 2.75. The van der Waals surface area contributed by atoms with Gasteiger partial charge in [-0.2, -0.15) is 0 Å². The van der Waals surface area contributed by atoms with Gasteiger partial charge in [0, 0.05) is 6.54 Å². The van der Waals surface area contributed by atoms with Gasteiger partial charge in [0.2, 0.25) is 10.0 Å². The van der Waals surface area contributed by atoms with Crippen molar-refractivity contribution in [2.75, 3.05) is 7.11 Å². The minimum Gasteiger partial charge on any atom is -0.508 e. The number of benzene rings is 2. The molecule has 0 saturated heterocycles. The summed E-state index contributed by atoms with van der Waals surface area (Å²) >= 11 is 0. The summed E-state index contributed by atoms with van der Waals surface area (Å²) in [5, 5.41) is 9.16. The van der Waals surface area contributed by atoms with Crippen LogP contribution in [-0.2, 0) is 16.6 Å². The average Bonchev–Trinajstić information content (AvgIpc) is 2.46. The van der Waals surface area contributed by atoms with Crippen LogP contribution in [0.5, 0.6) is 11.5 Å². The lowest BCUT2D eigenvalue weighted by atomic mass is 10.2. The van der Waals surface area contributed by atoms with Gasteiger partial charge in [-0.1, -0.05) is 12.1 Å². The van der Waals surface area contributed by atoms with Gasteiger partial charge in [-0.15, -0.1) is 0 Å². The maximum atomic E-state index is 12.0. The van der Waals surface area contributed by atoms with Crippen LogP contribution in [0.2, 0.25) is 0 Å². The Morgan fingerprint density at radius 2 is 1.85 bits per heavy atom. The van der Waals surface area contributed by atoms with Gasteiger partial charge in [0.25, 0.3) is 0 Å². The fraction of sp³-hybridized carbons (Fsp3) is 0.143. The molecule has 5 nitrogen and oxygen atoms in total. The molecule has 20 heavy (non-hydrogen) atoms. The highest BCUT2D eigenvalue weighted by Crippen LogP contribution is 2.16. The van der Waals surface area contributed by atoms with E-state index in [0.29, 0.717) is 5.75 Å². The number of methoxy groups -OCH3 is 1. The first-order valence-electron chi connectivity index (χ1n) is 5.93. The molecule has 6 heteroatoms. The molecule has 2 aromatic rings. The van der Waals surface area contributed by atoms with E-state index in [4.69, 9.17) is 9.84 Å². The smallest absolute Gasteiger partial charge is 0.240 e. The number of phenolic OH excluding ortho intramolecular Hbond substituents is 1. The Kier molecular flexibility index (Phi) is 4.26. The number of hydrogen-bond donors (Lipinski definition) is 2. The second-order valence-electron chi connectivity index (χ2n) is 4.17. The van der Waals surface area contributed by atoms with Crippen LogP contribution in [-0.4, -0.2) is 20.6 Å². The van der Waals surface area contributed by atoms with Gasteiger partial charge in [0.05, 0.1) is 12.0 Å². The first-order chi connectivity index (χ1) is 9.51. The summed E-state index contributed by atoms with van der Waals surface area (Å²) in [6.45, 7) is 0.167. The summed E-state index contributed by atoms with van der Waals surface area (Å²) in [5.74, 6) is 0.697. The number of aromatic hydroxyl groups is 1. The highest BCUT2D eigenvalue weighted by Gasteiger charge is 2.13. The van der Waals surface area contributed by atoms with Crippen LogP contribution in [0.15, 0.2) is 53.4 Å². The first-order valence-corrected chi connectivity index (χ1v) is 7.41. The van der Waals surface area contributed by atoms with Gasteiger partial charge in [-0.05, 0) is 42.0 Å². The largest absolute Gasteiger partial charge is 0.508 e. The van der Waals surface area contributed by atoms with E-state index in [2.05, 4.69) is 4.72 Å². The van der Waals surface area contributed by atoms with E-state index in [1.165, 1.54) is 24.3 Å². The zero-order chi connectivity index (χ0) is 14.6. The van der Waals surface area contributed by atoms with E-state index >= 15 is 0 Å². The summed E-state index contributed by atoms with van der Waals surface area (Å²) in [4.78, 5) is 0.109. The van der Waals surface area contributed by atoms with Crippen molar-refractivity contribution in [2.45, 2.75) is 11.4 Å². The van der Waals surface area contributed by atoms with Crippen molar-refractivity contribution < 1.29 is 18.3 Å². The third kappa shape index (κ3) is 3.49. The molecule has 0 radical (unpaired) electrons. The molecule has 0 amide bonds. The van der Waals surface area contributed by atoms with Crippen LogP contribution in [0, 0.1) is 0 Å². The molecular formula is C14H15NO4S. The summed E-state index contributed by atoms with van der Waals surface area (Å²) in [6, 6.07) is 12.5. The van der Waals surface area contributed by atoms with Crippen LogP contribution in [0.3, 0.4) is 0 Å². The highest BCUT2D eigenvalue weighted by molar-refractivity contribution is 7.89. The third-order valence-corrected chi connectivity index (χ3v) is 4.16. The van der Waals surface area contributed by atoms with Crippen LogP contribution < -0.4 is 9.46 Å². The second-order valence-corrected chi connectivity index (χ2v) is 5.94. The number of phenols is 1. The van der Waals surface area contributed by atoms with Gasteiger partial charge < -0.3 is 9.84 Å². The van der Waals surface area contributed by atoms with E-state index in [9.17, 15) is 8.42 Å². The second kappa shape index (κ2) is 5.94. The molecule has 0 unspecified atom stereocenters. The van der Waals surface area contributed by atoms with Crippen LogP contribution in [0.4, 0.5) is 0 Å². The Hall–Kier alpha value is -2.05. The minimum absolute atomic E-state index is 0.0248. The molecule has 0 saturated carbocycles. The van der Waals surface area contributed by atoms with Gasteiger partial charge in [0.15, 0.2) is 0 Å². The molecule has 0 spiro atoms. The van der Waals surface area contributed by atoms with Crippen molar-refractivity contribution in [1.29, 1.82) is 0 Å². The topological polar surface area (TPSA) is 75.6 Å². The Labute approximate surface area is 117 Å². The number of nitrogens with one attached hydrogen (secondary N) is 1. The molecular weight excluding hydrogens is 278 g/mol. The van der Waals surface area contributed by atoms with E-state index in [1.54, 1.807) is 25.3 Å². The lowest BCUT2D eigenvalue weighted by Gasteiger charge is -2.08. The molecule has 2 N–H and O–H groups in total. The van der Waals surface area contributed by atoms with Crippen LogP contribution in [0.25, 0.3) is 0 Å². The van der Waals surface area contributed by atoms with Crippen LogP contribution in [0.1, 0.15) is 5.56 Å². The molecule has 106 valence electrons. The van der Waals surface area contributed by atoms with Crippen molar-refractivity contribution in [3.63, 3.8) is 0 Å². The first kappa shape index (κ1) is 14.4. The van der Waals surface area contributed by atoms with Crippen LogP contribution >= 0.6 is 0 Å². The Balaban J connectivity index is 2.10. The van der Waals surface area contributed by atoms with Crippen molar-refractivity contribution >= 4 is 10.0 Å². The monoisotopic (exact) mass is 293 g/mol. The van der Waals surface area contributed by atoms with E-state index in [1.807, 2.05) is 6.07 Å². The summed E-state index contributed by atoms with van der Waals surface area (Å²) < 4.78 is 31.7.